The molecule has 0 rings (SSSR count). The van der Waals surface area contributed by atoms with Crippen molar-refractivity contribution < 1.29 is 9.53 Å². The van der Waals surface area contributed by atoms with Gasteiger partial charge in [0.2, 0.25) is 0 Å². The van der Waals surface area contributed by atoms with Gasteiger partial charge in [-0.2, -0.15) is 0 Å². The average molecular weight is 193 g/mol. The largest absolute Gasteiger partial charge is 0.466 e. The lowest BCUT2D eigenvalue weighted by atomic mass is 10.0. The van der Waals surface area contributed by atoms with Crippen molar-refractivity contribution in [3.05, 3.63) is 0 Å². The Hall–Kier alpha value is -0.240. The van der Waals surface area contributed by atoms with Gasteiger partial charge in [0.25, 0.3) is 0 Å². The molecule has 0 saturated heterocycles. The number of halogens is 1. The molecule has 12 heavy (non-hydrogen) atoms. The Balaban J connectivity index is 3.71. The van der Waals surface area contributed by atoms with E-state index >= 15 is 0 Å². The second-order valence-electron chi connectivity index (χ2n) is 2.69. The quantitative estimate of drug-likeness (QED) is 0.478. The van der Waals surface area contributed by atoms with Gasteiger partial charge in [-0.05, 0) is 26.2 Å². The van der Waals surface area contributed by atoms with E-state index in [1.165, 1.54) is 0 Å². The molecule has 0 aromatic carbocycles. The molecule has 0 aliphatic heterocycles. The molecule has 1 unspecified atom stereocenters. The lowest BCUT2D eigenvalue weighted by Crippen LogP contribution is -2.17. The SMILES string of the molecule is CCOC(=O)C(CC)CCCCl. The van der Waals surface area contributed by atoms with Crippen molar-refractivity contribution >= 4 is 17.6 Å². The monoisotopic (exact) mass is 192 g/mol. The molecule has 0 amide bonds. The predicted octanol–water partition coefficient (Wildman–Crippen LogP) is 2.59. The average Bonchev–Trinajstić information content (AvgIpc) is 2.06. The molecule has 0 fully saturated rings. The number of hydrogen-bond donors (Lipinski definition) is 0. The molecule has 0 bridgehead atoms. The summed E-state index contributed by atoms with van der Waals surface area (Å²) in [4.78, 5) is 11.2. The van der Waals surface area contributed by atoms with Crippen LogP contribution in [0.5, 0.6) is 0 Å². The zero-order chi connectivity index (χ0) is 9.40. The lowest BCUT2D eigenvalue weighted by molar-refractivity contribution is -0.148. The number of hydrogen-bond acceptors (Lipinski definition) is 2. The smallest absolute Gasteiger partial charge is 0.308 e. The minimum absolute atomic E-state index is 0.0451. The van der Waals surface area contributed by atoms with Gasteiger partial charge in [-0.3, -0.25) is 4.79 Å². The molecule has 3 heteroatoms. The van der Waals surface area contributed by atoms with Gasteiger partial charge in [-0.25, -0.2) is 0 Å². The van der Waals surface area contributed by atoms with Gasteiger partial charge >= 0.3 is 5.97 Å². The fourth-order valence-electron chi connectivity index (χ4n) is 1.07. The first kappa shape index (κ1) is 11.8. The Morgan fingerprint density at radius 3 is 2.58 bits per heavy atom. The summed E-state index contributed by atoms with van der Waals surface area (Å²) in [5.74, 6) is 0.587. The molecule has 0 aliphatic rings. The zero-order valence-corrected chi connectivity index (χ0v) is 8.56. The van der Waals surface area contributed by atoms with Crippen LogP contribution in [-0.4, -0.2) is 18.5 Å². The number of esters is 1. The van der Waals surface area contributed by atoms with E-state index in [-0.39, 0.29) is 11.9 Å². The van der Waals surface area contributed by atoms with E-state index in [4.69, 9.17) is 16.3 Å². The van der Waals surface area contributed by atoms with Crippen LogP contribution in [0.15, 0.2) is 0 Å². The van der Waals surface area contributed by atoms with Crippen LogP contribution in [0.1, 0.15) is 33.1 Å². The maximum atomic E-state index is 11.2. The van der Waals surface area contributed by atoms with E-state index in [1.807, 2.05) is 13.8 Å². The van der Waals surface area contributed by atoms with Crippen LogP contribution in [0.4, 0.5) is 0 Å². The third-order valence-corrected chi connectivity index (χ3v) is 2.07. The van der Waals surface area contributed by atoms with Crippen LogP contribution >= 0.6 is 11.6 Å². The molecule has 0 N–H and O–H groups in total. The second-order valence-corrected chi connectivity index (χ2v) is 3.07. The number of carbonyl (C=O) groups is 1. The molecule has 0 radical (unpaired) electrons. The summed E-state index contributed by atoms with van der Waals surface area (Å²) in [6, 6.07) is 0. The first-order chi connectivity index (χ1) is 5.76. The van der Waals surface area contributed by atoms with Crippen molar-refractivity contribution in [2.45, 2.75) is 33.1 Å². The van der Waals surface area contributed by atoms with E-state index in [0.717, 1.165) is 19.3 Å². The van der Waals surface area contributed by atoms with Crippen LogP contribution in [0, 0.1) is 5.92 Å². The fourth-order valence-corrected chi connectivity index (χ4v) is 1.23. The first-order valence-electron chi connectivity index (χ1n) is 4.48. The van der Waals surface area contributed by atoms with Crippen LogP contribution in [0.2, 0.25) is 0 Å². The summed E-state index contributed by atoms with van der Waals surface area (Å²) in [5.41, 5.74) is 0. The van der Waals surface area contributed by atoms with Crippen molar-refractivity contribution in [3.63, 3.8) is 0 Å². The van der Waals surface area contributed by atoms with Gasteiger partial charge in [-0.15, -0.1) is 11.6 Å². The lowest BCUT2D eigenvalue weighted by Gasteiger charge is -2.11. The maximum Gasteiger partial charge on any atom is 0.308 e. The number of alkyl halides is 1. The number of carbonyl (C=O) groups excluding carboxylic acids is 1. The highest BCUT2D eigenvalue weighted by atomic mass is 35.5. The molecule has 0 aliphatic carbocycles. The summed E-state index contributed by atoms with van der Waals surface area (Å²) < 4.78 is 4.91. The fraction of sp³-hybridized carbons (Fsp3) is 0.889. The van der Waals surface area contributed by atoms with E-state index in [1.54, 1.807) is 0 Å². The Labute approximate surface area is 79.2 Å². The Morgan fingerprint density at radius 2 is 2.17 bits per heavy atom. The Bertz CT molecular complexity index is 126. The Kier molecular flexibility index (Phi) is 7.26. The molecule has 1 atom stereocenters. The van der Waals surface area contributed by atoms with Crippen molar-refractivity contribution in [1.82, 2.24) is 0 Å². The minimum atomic E-state index is -0.0786. The summed E-state index contributed by atoms with van der Waals surface area (Å²) >= 11 is 5.53. The summed E-state index contributed by atoms with van der Waals surface area (Å²) in [6.45, 7) is 4.29. The van der Waals surface area contributed by atoms with E-state index in [0.29, 0.717) is 12.5 Å². The van der Waals surface area contributed by atoms with Gasteiger partial charge in [0.1, 0.15) is 0 Å². The molecule has 2 nitrogen and oxygen atoms in total. The third-order valence-electron chi connectivity index (χ3n) is 1.80. The van der Waals surface area contributed by atoms with Gasteiger partial charge in [0.15, 0.2) is 0 Å². The van der Waals surface area contributed by atoms with Crippen LogP contribution in [0.3, 0.4) is 0 Å². The van der Waals surface area contributed by atoms with Crippen molar-refractivity contribution in [3.8, 4) is 0 Å². The highest BCUT2D eigenvalue weighted by Crippen LogP contribution is 2.13. The number of rotatable bonds is 6. The molecular weight excluding hydrogens is 176 g/mol. The van der Waals surface area contributed by atoms with E-state index < -0.39 is 0 Å². The predicted molar refractivity (Wildman–Crippen MR) is 50.4 cm³/mol. The summed E-state index contributed by atoms with van der Waals surface area (Å²) in [5, 5.41) is 0. The first-order valence-corrected chi connectivity index (χ1v) is 5.02. The zero-order valence-electron chi connectivity index (χ0n) is 7.81. The van der Waals surface area contributed by atoms with Crippen molar-refractivity contribution in [1.29, 1.82) is 0 Å². The molecular formula is C9H17ClO2. The van der Waals surface area contributed by atoms with Crippen LogP contribution in [0.25, 0.3) is 0 Å². The maximum absolute atomic E-state index is 11.2. The molecule has 72 valence electrons. The van der Waals surface area contributed by atoms with Gasteiger partial charge in [0, 0.05) is 5.88 Å². The van der Waals surface area contributed by atoms with Gasteiger partial charge in [0.05, 0.1) is 12.5 Å². The van der Waals surface area contributed by atoms with E-state index in [9.17, 15) is 4.79 Å². The van der Waals surface area contributed by atoms with Crippen LogP contribution in [-0.2, 0) is 9.53 Å². The third kappa shape index (κ3) is 4.60. The molecule has 0 aromatic heterocycles. The standard InChI is InChI=1S/C9H17ClO2/c1-3-8(6-5-7-10)9(11)12-4-2/h8H,3-7H2,1-2H3. The topological polar surface area (TPSA) is 26.3 Å². The highest BCUT2D eigenvalue weighted by Gasteiger charge is 2.16. The van der Waals surface area contributed by atoms with Crippen LogP contribution < -0.4 is 0 Å². The van der Waals surface area contributed by atoms with Gasteiger partial charge < -0.3 is 4.74 Å². The normalized spacial score (nSPS) is 12.6. The summed E-state index contributed by atoms with van der Waals surface area (Å²) in [6.07, 6.45) is 2.58. The summed E-state index contributed by atoms with van der Waals surface area (Å²) in [7, 11) is 0. The second kappa shape index (κ2) is 7.41. The molecule has 0 saturated carbocycles. The highest BCUT2D eigenvalue weighted by molar-refractivity contribution is 6.17. The molecule has 0 spiro atoms. The van der Waals surface area contributed by atoms with Crippen molar-refractivity contribution in [2.24, 2.45) is 5.92 Å². The minimum Gasteiger partial charge on any atom is -0.466 e. The van der Waals surface area contributed by atoms with Crippen molar-refractivity contribution in [2.75, 3.05) is 12.5 Å². The van der Waals surface area contributed by atoms with Gasteiger partial charge in [-0.1, -0.05) is 6.92 Å². The van der Waals surface area contributed by atoms with E-state index in [2.05, 4.69) is 0 Å². The molecule has 0 aromatic rings. The molecule has 0 heterocycles. The number of ether oxygens (including phenoxy) is 1. The Morgan fingerprint density at radius 1 is 1.50 bits per heavy atom.